The number of alkyl halides is 1. The van der Waals surface area contributed by atoms with Crippen LogP contribution < -0.4 is 0 Å². The topological polar surface area (TPSA) is 52.6 Å². The van der Waals surface area contributed by atoms with Crippen molar-refractivity contribution in [1.29, 1.82) is 0 Å². The van der Waals surface area contributed by atoms with Crippen LogP contribution in [0.2, 0.25) is 0 Å². The number of carbonyl (C=O) groups is 2. The molecule has 2 bridgehead atoms. The Kier molecular flexibility index (Phi) is 4.39. The summed E-state index contributed by atoms with van der Waals surface area (Å²) in [4.78, 5) is 24.6. The minimum Gasteiger partial charge on any atom is -0.466 e. The smallest absolute Gasteiger partial charge is 0.314 e. The third-order valence-corrected chi connectivity index (χ3v) is 5.09. The zero-order valence-electron chi connectivity index (χ0n) is 11.5. The summed E-state index contributed by atoms with van der Waals surface area (Å²) in [5.41, 5.74) is -0.868. The molecule has 5 heteroatoms. The number of rotatable bonds is 5. The van der Waals surface area contributed by atoms with Gasteiger partial charge in [0.1, 0.15) is 0 Å². The van der Waals surface area contributed by atoms with Gasteiger partial charge in [-0.2, -0.15) is 0 Å². The fraction of sp³-hybridized carbons (Fsp3) is 0.857. The van der Waals surface area contributed by atoms with E-state index in [0.717, 1.165) is 19.3 Å². The van der Waals surface area contributed by atoms with E-state index in [1.165, 1.54) is 0 Å². The minimum absolute atomic E-state index is 0.135. The Morgan fingerprint density at radius 1 is 1.21 bits per heavy atom. The van der Waals surface area contributed by atoms with Gasteiger partial charge in [0, 0.05) is 5.88 Å². The van der Waals surface area contributed by atoms with E-state index < -0.39 is 11.3 Å². The second kappa shape index (κ2) is 5.70. The molecule has 0 saturated heterocycles. The number of esters is 2. The van der Waals surface area contributed by atoms with Crippen molar-refractivity contribution >= 4 is 23.5 Å². The normalized spacial score (nSPS) is 36.3. The van der Waals surface area contributed by atoms with Crippen molar-refractivity contribution < 1.29 is 19.1 Å². The van der Waals surface area contributed by atoms with Gasteiger partial charge >= 0.3 is 11.9 Å². The van der Waals surface area contributed by atoms with Gasteiger partial charge in [-0.05, 0) is 44.9 Å². The Balaban J connectivity index is 2.32. The number of fused-ring (bicyclic) bond motifs is 2. The summed E-state index contributed by atoms with van der Waals surface area (Å²) in [5, 5.41) is 0. The second-order valence-electron chi connectivity index (χ2n) is 5.39. The first-order chi connectivity index (χ1) is 9.11. The predicted molar refractivity (Wildman–Crippen MR) is 70.7 cm³/mol. The number of halogens is 1. The number of hydrogen-bond donors (Lipinski definition) is 0. The molecular formula is C14H21ClO4. The van der Waals surface area contributed by atoms with Crippen LogP contribution in [0, 0.1) is 23.2 Å². The molecule has 0 amide bonds. The van der Waals surface area contributed by atoms with Gasteiger partial charge in [0.15, 0.2) is 0 Å². The van der Waals surface area contributed by atoms with Gasteiger partial charge in [-0.15, -0.1) is 11.6 Å². The monoisotopic (exact) mass is 288 g/mol. The van der Waals surface area contributed by atoms with Crippen LogP contribution in [-0.2, 0) is 19.1 Å². The van der Waals surface area contributed by atoms with E-state index in [0.29, 0.717) is 13.2 Å². The second-order valence-corrected chi connectivity index (χ2v) is 5.66. The molecule has 0 aromatic rings. The molecule has 0 heterocycles. The summed E-state index contributed by atoms with van der Waals surface area (Å²) in [5.74, 6) is -0.534. The van der Waals surface area contributed by atoms with Crippen molar-refractivity contribution in [3.63, 3.8) is 0 Å². The molecule has 19 heavy (non-hydrogen) atoms. The van der Waals surface area contributed by atoms with Gasteiger partial charge in [0.2, 0.25) is 0 Å². The Hall–Kier alpha value is -0.770. The average molecular weight is 289 g/mol. The summed E-state index contributed by atoms with van der Waals surface area (Å²) in [6.07, 6.45) is 2.81. The molecule has 4 nitrogen and oxygen atoms in total. The molecule has 2 fully saturated rings. The molecular weight excluding hydrogens is 268 g/mol. The lowest BCUT2D eigenvalue weighted by Crippen LogP contribution is -2.49. The molecule has 0 radical (unpaired) electrons. The van der Waals surface area contributed by atoms with Gasteiger partial charge in [0.05, 0.1) is 24.5 Å². The molecule has 0 aromatic carbocycles. The Morgan fingerprint density at radius 3 is 2.47 bits per heavy atom. The highest BCUT2D eigenvalue weighted by atomic mass is 35.5. The summed E-state index contributed by atoms with van der Waals surface area (Å²) in [7, 11) is 0. The zero-order chi connectivity index (χ0) is 14.0. The molecule has 0 spiro atoms. The molecule has 0 N–H and O–H groups in total. The highest BCUT2D eigenvalue weighted by Gasteiger charge is 2.65. The Labute approximate surface area is 118 Å². The lowest BCUT2D eigenvalue weighted by molar-refractivity contribution is -0.171. The van der Waals surface area contributed by atoms with Crippen molar-refractivity contribution in [3.05, 3.63) is 0 Å². The first-order valence-corrected chi connectivity index (χ1v) is 7.55. The van der Waals surface area contributed by atoms with Crippen LogP contribution >= 0.6 is 11.6 Å². The molecule has 2 aliphatic rings. The van der Waals surface area contributed by atoms with Crippen LogP contribution in [0.3, 0.4) is 0 Å². The number of hydrogen-bond acceptors (Lipinski definition) is 4. The first kappa shape index (κ1) is 14.6. The molecule has 0 aliphatic heterocycles. The highest BCUT2D eigenvalue weighted by molar-refractivity contribution is 6.20. The quantitative estimate of drug-likeness (QED) is 0.576. The summed E-state index contributed by atoms with van der Waals surface area (Å²) < 4.78 is 10.4. The molecule has 2 rings (SSSR count). The zero-order valence-corrected chi connectivity index (χ0v) is 12.2. The van der Waals surface area contributed by atoms with Crippen molar-refractivity contribution in [2.45, 2.75) is 33.1 Å². The van der Waals surface area contributed by atoms with Crippen molar-refractivity contribution in [3.8, 4) is 0 Å². The standard InChI is InChI=1S/C14H21ClO4/c1-3-18-12(16)11-9-5-6-10(7-9)14(11,8-15)13(17)19-4-2/h9-11H,3-8H2,1-2H3/t9-,10+,11-,14+/m1/s1. The number of carbonyl (C=O) groups excluding carboxylic acids is 2. The first-order valence-electron chi connectivity index (χ1n) is 7.01. The van der Waals surface area contributed by atoms with Gasteiger partial charge in [-0.3, -0.25) is 9.59 Å². The maximum atomic E-state index is 12.4. The maximum Gasteiger partial charge on any atom is 0.314 e. The molecule has 108 valence electrons. The van der Waals surface area contributed by atoms with Crippen LogP contribution in [-0.4, -0.2) is 31.0 Å². The van der Waals surface area contributed by atoms with Crippen molar-refractivity contribution in [2.75, 3.05) is 19.1 Å². The number of ether oxygens (including phenoxy) is 2. The van der Waals surface area contributed by atoms with Crippen LogP contribution in [0.15, 0.2) is 0 Å². The third-order valence-electron chi connectivity index (χ3n) is 4.65. The van der Waals surface area contributed by atoms with E-state index in [2.05, 4.69) is 0 Å². The predicted octanol–water partition coefficient (Wildman–Crippen LogP) is 2.38. The van der Waals surface area contributed by atoms with E-state index >= 15 is 0 Å². The summed E-state index contributed by atoms with van der Waals surface area (Å²) in [6.45, 7) is 4.18. The van der Waals surface area contributed by atoms with E-state index in [1.54, 1.807) is 13.8 Å². The minimum atomic E-state index is -0.868. The molecule has 0 aromatic heterocycles. The fourth-order valence-electron chi connectivity index (χ4n) is 3.90. The molecule has 2 saturated carbocycles. The van der Waals surface area contributed by atoms with Gasteiger partial charge in [-0.1, -0.05) is 0 Å². The van der Waals surface area contributed by atoms with E-state index in [1.807, 2.05) is 0 Å². The van der Waals surface area contributed by atoms with Crippen LogP contribution in [0.25, 0.3) is 0 Å². The third kappa shape index (κ3) is 2.14. The Bertz CT molecular complexity index is 370. The van der Waals surface area contributed by atoms with Gasteiger partial charge in [-0.25, -0.2) is 0 Å². The average Bonchev–Trinajstić information content (AvgIpc) is 2.97. The Morgan fingerprint density at radius 2 is 1.89 bits per heavy atom. The van der Waals surface area contributed by atoms with E-state index in [-0.39, 0.29) is 29.7 Å². The van der Waals surface area contributed by atoms with E-state index in [9.17, 15) is 9.59 Å². The van der Waals surface area contributed by atoms with Crippen molar-refractivity contribution in [1.82, 2.24) is 0 Å². The van der Waals surface area contributed by atoms with Crippen LogP contribution in [0.1, 0.15) is 33.1 Å². The van der Waals surface area contributed by atoms with E-state index in [4.69, 9.17) is 21.1 Å². The summed E-state index contributed by atoms with van der Waals surface area (Å²) in [6, 6.07) is 0. The maximum absolute atomic E-state index is 12.4. The van der Waals surface area contributed by atoms with Gasteiger partial charge in [0.25, 0.3) is 0 Å². The SMILES string of the molecule is CCOC(=O)[C@H]1[C@@H]2CC[C@@H](C2)[C@]1(CCl)C(=O)OCC. The van der Waals surface area contributed by atoms with Gasteiger partial charge < -0.3 is 9.47 Å². The fourth-order valence-corrected chi connectivity index (χ4v) is 4.40. The molecule has 4 atom stereocenters. The van der Waals surface area contributed by atoms with Crippen LogP contribution in [0.4, 0.5) is 0 Å². The van der Waals surface area contributed by atoms with Crippen LogP contribution in [0.5, 0.6) is 0 Å². The lowest BCUT2D eigenvalue weighted by atomic mass is 9.67. The lowest BCUT2D eigenvalue weighted by Gasteiger charge is -2.38. The molecule has 2 aliphatic carbocycles. The largest absolute Gasteiger partial charge is 0.466 e. The summed E-state index contributed by atoms with van der Waals surface area (Å²) >= 11 is 6.12. The molecule has 0 unspecified atom stereocenters. The van der Waals surface area contributed by atoms with Crippen molar-refractivity contribution in [2.24, 2.45) is 23.2 Å². The highest BCUT2D eigenvalue weighted by Crippen LogP contribution is 2.61.